The quantitative estimate of drug-likeness (QED) is 0.807. The van der Waals surface area contributed by atoms with Crippen LogP contribution in [0.3, 0.4) is 0 Å². The summed E-state index contributed by atoms with van der Waals surface area (Å²) in [7, 11) is 5.52. The van der Waals surface area contributed by atoms with Crippen molar-refractivity contribution in [2.75, 3.05) is 20.6 Å². The lowest BCUT2D eigenvalue weighted by molar-refractivity contribution is -0.134. The van der Waals surface area contributed by atoms with Crippen molar-refractivity contribution in [2.24, 2.45) is 18.9 Å². The minimum absolute atomic E-state index is 0.0123. The van der Waals surface area contributed by atoms with Crippen LogP contribution in [0.2, 0.25) is 0 Å². The van der Waals surface area contributed by atoms with Gasteiger partial charge in [0.05, 0.1) is 0 Å². The molecule has 0 unspecified atom stereocenters. The van der Waals surface area contributed by atoms with E-state index in [1.807, 2.05) is 23.9 Å². The standard InChI is InChI=1S/C15H22N4O2/c1-17-9-11-7-12(6-10(11)8-14(17)20)18(2)15(21)13-4-5-16-19(13)3/h4-5,10-12H,6-9H2,1-3H3/t10-,11+,12-/m0/s1. The molecule has 2 fully saturated rings. The van der Waals surface area contributed by atoms with Gasteiger partial charge in [-0.2, -0.15) is 5.10 Å². The molecule has 6 nitrogen and oxygen atoms in total. The SMILES string of the molecule is CN1C[C@H]2C[C@@H](N(C)C(=O)c3ccnn3C)C[C@H]2CC1=O. The average molecular weight is 290 g/mol. The third-order valence-corrected chi connectivity index (χ3v) is 5.10. The summed E-state index contributed by atoms with van der Waals surface area (Å²) in [4.78, 5) is 28.0. The highest BCUT2D eigenvalue weighted by Gasteiger charge is 2.42. The lowest BCUT2D eigenvalue weighted by Crippen LogP contribution is -2.40. The van der Waals surface area contributed by atoms with Crippen molar-refractivity contribution >= 4 is 11.8 Å². The summed E-state index contributed by atoms with van der Waals surface area (Å²) < 4.78 is 1.61. The third-order valence-electron chi connectivity index (χ3n) is 5.10. The van der Waals surface area contributed by atoms with E-state index in [4.69, 9.17) is 0 Å². The van der Waals surface area contributed by atoms with Crippen LogP contribution in [0.1, 0.15) is 29.8 Å². The summed E-state index contributed by atoms with van der Waals surface area (Å²) in [6.07, 6.45) is 4.20. The van der Waals surface area contributed by atoms with Gasteiger partial charge >= 0.3 is 0 Å². The highest BCUT2D eigenvalue weighted by molar-refractivity contribution is 5.92. The second kappa shape index (κ2) is 5.16. The van der Waals surface area contributed by atoms with E-state index in [0.717, 1.165) is 19.4 Å². The first-order valence-electron chi connectivity index (χ1n) is 7.46. The van der Waals surface area contributed by atoms with Gasteiger partial charge in [-0.1, -0.05) is 0 Å². The molecule has 0 N–H and O–H groups in total. The molecule has 2 amide bonds. The molecule has 0 aromatic carbocycles. The molecule has 1 aromatic heterocycles. The van der Waals surface area contributed by atoms with Crippen molar-refractivity contribution in [3.05, 3.63) is 18.0 Å². The third kappa shape index (κ3) is 2.43. The Balaban J connectivity index is 1.70. The molecule has 1 aliphatic heterocycles. The summed E-state index contributed by atoms with van der Waals surface area (Å²) in [5.74, 6) is 1.20. The molecule has 1 aliphatic carbocycles. The van der Waals surface area contributed by atoms with Crippen LogP contribution in [0.25, 0.3) is 0 Å². The summed E-state index contributed by atoms with van der Waals surface area (Å²) in [5.41, 5.74) is 0.612. The number of hydrogen-bond donors (Lipinski definition) is 0. The van der Waals surface area contributed by atoms with Gasteiger partial charge in [-0.15, -0.1) is 0 Å². The molecule has 2 aliphatic rings. The van der Waals surface area contributed by atoms with Gasteiger partial charge in [-0.3, -0.25) is 14.3 Å². The van der Waals surface area contributed by atoms with Gasteiger partial charge in [-0.25, -0.2) is 0 Å². The summed E-state index contributed by atoms with van der Waals surface area (Å²) in [5, 5.41) is 4.06. The number of carbonyl (C=O) groups is 2. The van der Waals surface area contributed by atoms with Gasteiger partial charge in [-0.05, 0) is 30.7 Å². The summed E-state index contributed by atoms with van der Waals surface area (Å²) >= 11 is 0. The first-order valence-corrected chi connectivity index (χ1v) is 7.46. The number of amides is 2. The van der Waals surface area contributed by atoms with Crippen molar-refractivity contribution in [3.63, 3.8) is 0 Å². The number of hydrogen-bond acceptors (Lipinski definition) is 3. The summed E-state index contributed by atoms with van der Waals surface area (Å²) in [6.45, 7) is 0.827. The van der Waals surface area contributed by atoms with Gasteiger partial charge in [0.15, 0.2) is 0 Å². The molecule has 21 heavy (non-hydrogen) atoms. The monoisotopic (exact) mass is 290 g/mol. The first-order chi connectivity index (χ1) is 9.97. The molecule has 3 rings (SSSR count). The Kier molecular flexibility index (Phi) is 3.47. The number of carbonyl (C=O) groups excluding carboxylic acids is 2. The van der Waals surface area contributed by atoms with Crippen molar-refractivity contribution in [1.82, 2.24) is 19.6 Å². The normalized spacial score (nSPS) is 28.6. The average Bonchev–Trinajstić information content (AvgIpc) is 3.04. The molecule has 0 radical (unpaired) electrons. The van der Waals surface area contributed by atoms with Crippen LogP contribution in [-0.4, -0.2) is 58.1 Å². The zero-order valence-electron chi connectivity index (χ0n) is 12.8. The van der Waals surface area contributed by atoms with Crippen LogP contribution < -0.4 is 0 Å². The van der Waals surface area contributed by atoms with E-state index in [9.17, 15) is 9.59 Å². The number of rotatable bonds is 2. The van der Waals surface area contributed by atoms with Crippen molar-refractivity contribution < 1.29 is 9.59 Å². The molecule has 3 atom stereocenters. The first kappa shape index (κ1) is 14.1. The lowest BCUT2D eigenvalue weighted by Gasteiger charge is -2.31. The van der Waals surface area contributed by atoms with E-state index in [2.05, 4.69) is 5.10 Å². The van der Waals surface area contributed by atoms with Gasteiger partial charge in [0.25, 0.3) is 5.91 Å². The van der Waals surface area contributed by atoms with E-state index >= 15 is 0 Å². The van der Waals surface area contributed by atoms with Crippen molar-refractivity contribution in [1.29, 1.82) is 0 Å². The highest BCUT2D eigenvalue weighted by atomic mass is 16.2. The number of fused-ring (bicyclic) bond motifs is 1. The molecular formula is C15H22N4O2. The highest BCUT2D eigenvalue weighted by Crippen LogP contribution is 2.40. The lowest BCUT2D eigenvalue weighted by atomic mass is 9.88. The fourth-order valence-corrected chi connectivity index (χ4v) is 3.73. The number of nitrogens with zero attached hydrogens (tertiary/aromatic N) is 4. The largest absolute Gasteiger partial charge is 0.345 e. The van der Waals surface area contributed by atoms with E-state index in [0.29, 0.717) is 24.0 Å². The Bertz CT molecular complexity index is 568. The number of likely N-dealkylation sites (tertiary alicyclic amines) is 1. The van der Waals surface area contributed by atoms with Gasteiger partial charge in [0, 0.05) is 46.3 Å². The van der Waals surface area contributed by atoms with Crippen LogP contribution in [0.5, 0.6) is 0 Å². The van der Waals surface area contributed by atoms with E-state index in [1.165, 1.54) is 0 Å². The minimum Gasteiger partial charge on any atom is -0.345 e. The minimum atomic E-state index is 0.0123. The molecular weight excluding hydrogens is 268 g/mol. The number of aromatic nitrogens is 2. The smallest absolute Gasteiger partial charge is 0.272 e. The van der Waals surface area contributed by atoms with Crippen molar-refractivity contribution in [3.8, 4) is 0 Å². The van der Waals surface area contributed by atoms with Gasteiger partial charge in [0.1, 0.15) is 5.69 Å². The predicted octanol–water partition coefficient (Wildman–Crippen LogP) is 0.749. The maximum Gasteiger partial charge on any atom is 0.272 e. The Hall–Kier alpha value is -1.85. The maximum atomic E-state index is 12.5. The molecule has 6 heteroatoms. The fraction of sp³-hybridized carbons (Fsp3) is 0.667. The molecule has 114 valence electrons. The predicted molar refractivity (Wildman–Crippen MR) is 77.6 cm³/mol. The number of aryl methyl sites for hydroxylation is 1. The van der Waals surface area contributed by atoms with Gasteiger partial charge in [0.2, 0.25) is 5.91 Å². The Labute approximate surface area is 124 Å². The van der Waals surface area contributed by atoms with Crippen LogP contribution in [0.15, 0.2) is 12.3 Å². The van der Waals surface area contributed by atoms with E-state index in [-0.39, 0.29) is 17.9 Å². The molecule has 1 saturated heterocycles. The van der Waals surface area contributed by atoms with E-state index < -0.39 is 0 Å². The second-order valence-electron chi connectivity index (χ2n) is 6.38. The summed E-state index contributed by atoms with van der Waals surface area (Å²) in [6, 6.07) is 1.97. The molecule has 2 heterocycles. The van der Waals surface area contributed by atoms with Gasteiger partial charge < -0.3 is 9.80 Å². The zero-order valence-corrected chi connectivity index (χ0v) is 12.8. The van der Waals surface area contributed by atoms with Crippen LogP contribution in [0, 0.1) is 11.8 Å². The molecule has 0 spiro atoms. The Morgan fingerprint density at radius 1 is 1.33 bits per heavy atom. The maximum absolute atomic E-state index is 12.5. The van der Waals surface area contributed by atoms with Crippen LogP contribution >= 0.6 is 0 Å². The fourth-order valence-electron chi connectivity index (χ4n) is 3.73. The Morgan fingerprint density at radius 3 is 2.71 bits per heavy atom. The number of piperidine rings is 1. The molecule has 1 aromatic rings. The molecule has 1 saturated carbocycles. The topological polar surface area (TPSA) is 58.4 Å². The zero-order chi connectivity index (χ0) is 15.1. The van der Waals surface area contributed by atoms with Crippen LogP contribution in [-0.2, 0) is 11.8 Å². The van der Waals surface area contributed by atoms with Crippen LogP contribution in [0.4, 0.5) is 0 Å². The Morgan fingerprint density at radius 2 is 2.05 bits per heavy atom. The van der Waals surface area contributed by atoms with E-state index in [1.54, 1.807) is 24.0 Å². The van der Waals surface area contributed by atoms with Crippen molar-refractivity contribution in [2.45, 2.75) is 25.3 Å². The second-order valence-corrected chi connectivity index (χ2v) is 6.38. The molecule has 0 bridgehead atoms.